The number of nitrogens with zero attached hydrogens (tertiary/aromatic N) is 1. The molecule has 1 aliphatic heterocycles. The Balaban J connectivity index is 2.22. The van der Waals surface area contributed by atoms with Crippen LogP contribution in [0.5, 0.6) is 0 Å². The molecule has 0 saturated carbocycles. The van der Waals surface area contributed by atoms with Crippen molar-refractivity contribution in [2.45, 2.75) is 26.3 Å². The standard InChI is InChI=1S/C15H22BrClN2/c1-10-5-6-19(9-11(10)2)15(8-18)13-7-12(16)3-4-14(13)17/h3-4,7,10-11,15H,5-6,8-9,18H2,1-2H3. The second-order valence-corrected chi connectivity index (χ2v) is 6.98. The number of nitrogens with two attached hydrogens (primary N) is 1. The highest BCUT2D eigenvalue weighted by Crippen LogP contribution is 2.33. The van der Waals surface area contributed by atoms with Gasteiger partial charge in [-0.15, -0.1) is 0 Å². The van der Waals surface area contributed by atoms with Crippen molar-refractivity contribution in [3.05, 3.63) is 33.3 Å². The molecule has 19 heavy (non-hydrogen) atoms. The highest BCUT2D eigenvalue weighted by atomic mass is 79.9. The van der Waals surface area contributed by atoms with Gasteiger partial charge in [-0.25, -0.2) is 0 Å². The summed E-state index contributed by atoms with van der Waals surface area (Å²) in [5.74, 6) is 1.52. The molecule has 3 unspecified atom stereocenters. The molecule has 1 aliphatic rings. The topological polar surface area (TPSA) is 29.3 Å². The van der Waals surface area contributed by atoms with Crippen molar-refractivity contribution in [3.8, 4) is 0 Å². The van der Waals surface area contributed by atoms with E-state index in [-0.39, 0.29) is 6.04 Å². The van der Waals surface area contributed by atoms with Gasteiger partial charge in [-0.2, -0.15) is 0 Å². The fraction of sp³-hybridized carbons (Fsp3) is 0.600. The summed E-state index contributed by atoms with van der Waals surface area (Å²) in [6.45, 7) is 7.48. The van der Waals surface area contributed by atoms with Crippen LogP contribution in [-0.2, 0) is 0 Å². The molecule has 4 heteroatoms. The van der Waals surface area contributed by atoms with Crippen molar-refractivity contribution >= 4 is 27.5 Å². The Hall–Kier alpha value is -0.0900. The Kier molecular flexibility index (Phi) is 5.29. The second-order valence-electron chi connectivity index (χ2n) is 5.66. The minimum Gasteiger partial charge on any atom is -0.329 e. The second kappa shape index (κ2) is 6.57. The van der Waals surface area contributed by atoms with Gasteiger partial charge in [0.2, 0.25) is 0 Å². The number of piperidine rings is 1. The minimum atomic E-state index is 0.222. The van der Waals surface area contributed by atoms with Crippen LogP contribution in [0, 0.1) is 11.8 Å². The molecule has 2 N–H and O–H groups in total. The van der Waals surface area contributed by atoms with Crippen LogP contribution in [0.1, 0.15) is 31.9 Å². The lowest BCUT2D eigenvalue weighted by Gasteiger charge is -2.40. The van der Waals surface area contributed by atoms with E-state index in [9.17, 15) is 0 Å². The average molecular weight is 346 g/mol. The summed E-state index contributed by atoms with van der Waals surface area (Å²) in [7, 11) is 0. The van der Waals surface area contributed by atoms with Gasteiger partial charge in [0.05, 0.1) is 0 Å². The lowest BCUT2D eigenvalue weighted by molar-refractivity contribution is 0.0983. The summed E-state index contributed by atoms with van der Waals surface area (Å²) in [5.41, 5.74) is 7.16. The molecular weight excluding hydrogens is 324 g/mol. The van der Waals surface area contributed by atoms with E-state index in [0.717, 1.165) is 34.1 Å². The normalized spacial score (nSPS) is 26.4. The molecule has 3 atom stereocenters. The third-order valence-electron chi connectivity index (χ3n) is 4.35. The quantitative estimate of drug-likeness (QED) is 0.894. The zero-order valence-electron chi connectivity index (χ0n) is 11.6. The van der Waals surface area contributed by atoms with Crippen molar-refractivity contribution in [1.29, 1.82) is 0 Å². The van der Waals surface area contributed by atoms with E-state index in [4.69, 9.17) is 17.3 Å². The third-order valence-corrected chi connectivity index (χ3v) is 5.18. The highest BCUT2D eigenvalue weighted by Gasteiger charge is 2.28. The molecule has 0 aliphatic carbocycles. The first-order chi connectivity index (χ1) is 9.02. The van der Waals surface area contributed by atoms with Crippen molar-refractivity contribution < 1.29 is 0 Å². The first kappa shape index (κ1) is 15.3. The van der Waals surface area contributed by atoms with Crippen molar-refractivity contribution in [1.82, 2.24) is 4.90 Å². The van der Waals surface area contributed by atoms with Gasteiger partial charge < -0.3 is 5.73 Å². The number of rotatable bonds is 3. The van der Waals surface area contributed by atoms with Crippen molar-refractivity contribution in [2.24, 2.45) is 17.6 Å². The van der Waals surface area contributed by atoms with Crippen LogP contribution in [0.4, 0.5) is 0 Å². The van der Waals surface area contributed by atoms with E-state index in [1.165, 1.54) is 6.42 Å². The number of halogens is 2. The summed E-state index contributed by atoms with van der Waals surface area (Å²) in [5, 5.41) is 0.810. The van der Waals surface area contributed by atoms with Gasteiger partial charge in [0.15, 0.2) is 0 Å². The maximum absolute atomic E-state index is 6.35. The molecule has 2 nitrogen and oxygen atoms in total. The third kappa shape index (κ3) is 3.52. The summed E-state index contributed by atoms with van der Waals surface area (Å²) in [6, 6.07) is 6.24. The minimum absolute atomic E-state index is 0.222. The summed E-state index contributed by atoms with van der Waals surface area (Å²) in [4.78, 5) is 2.48. The molecule has 0 radical (unpaired) electrons. The van der Waals surface area contributed by atoms with Crippen LogP contribution in [0.25, 0.3) is 0 Å². The predicted molar refractivity (Wildman–Crippen MR) is 85.5 cm³/mol. The highest BCUT2D eigenvalue weighted by molar-refractivity contribution is 9.10. The maximum atomic E-state index is 6.35. The molecule has 0 spiro atoms. The van der Waals surface area contributed by atoms with Gasteiger partial charge >= 0.3 is 0 Å². The van der Waals surface area contributed by atoms with Crippen LogP contribution >= 0.6 is 27.5 Å². The van der Waals surface area contributed by atoms with Crippen molar-refractivity contribution in [2.75, 3.05) is 19.6 Å². The van der Waals surface area contributed by atoms with Gasteiger partial charge in [0.1, 0.15) is 0 Å². The van der Waals surface area contributed by atoms with E-state index in [1.54, 1.807) is 0 Å². The maximum Gasteiger partial charge on any atom is 0.0485 e. The van der Waals surface area contributed by atoms with E-state index in [0.29, 0.717) is 12.5 Å². The predicted octanol–water partition coefficient (Wildman–Crippen LogP) is 4.08. The molecule has 1 aromatic rings. The lowest BCUT2D eigenvalue weighted by atomic mass is 9.87. The number of likely N-dealkylation sites (tertiary alicyclic amines) is 1. The zero-order chi connectivity index (χ0) is 14.0. The van der Waals surface area contributed by atoms with Gasteiger partial charge in [0.25, 0.3) is 0 Å². The number of hydrogen-bond donors (Lipinski definition) is 1. The van der Waals surface area contributed by atoms with Gasteiger partial charge in [0, 0.05) is 28.6 Å². The van der Waals surface area contributed by atoms with E-state index < -0.39 is 0 Å². The fourth-order valence-electron chi connectivity index (χ4n) is 2.82. The van der Waals surface area contributed by atoms with Crippen LogP contribution < -0.4 is 5.73 Å². The van der Waals surface area contributed by atoms with Crippen LogP contribution in [-0.4, -0.2) is 24.5 Å². The first-order valence-electron chi connectivity index (χ1n) is 6.92. The molecule has 1 fully saturated rings. The number of hydrogen-bond acceptors (Lipinski definition) is 2. The smallest absolute Gasteiger partial charge is 0.0485 e. The van der Waals surface area contributed by atoms with E-state index in [2.05, 4.69) is 40.7 Å². The first-order valence-corrected chi connectivity index (χ1v) is 8.09. The lowest BCUT2D eigenvalue weighted by Crippen LogP contribution is -2.43. The Morgan fingerprint density at radius 3 is 2.79 bits per heavy atom. The molecule has 0 aromatic heterocycles. The van der Waals surface area contributed by atoms with E-state index >= 15 is 0 Å². The molecule has 2 rings (SSSR count). The number of benzene rings is 1. The molecule has 1 aromatic carbocycles. The Morgan fingerprint density at radius 1 is 1.42 bits per heavy atom. The monoisotopic (exact) mass is 344 g/mol. The van der Waals surface area contributed by atoms with Gasteiger partial charge in [-0.3, -0.25) is 4.90 Å². The van der Waals surface area contributed by atoms with E-state index in [1.807, 2.05) is 12.1 Å². The van der Waals surface area contributed by atoms with Crippen LogP contribution in [0.15, 0.2) is 22.7 Å². The van der Waals surface area contributed by atoms with Crippen LogP contribution in [0.2, 0.25) is 5.02 Å². The Labute approximate surface area is 129 Å². The largest absolute Gasteiger partial charge is 0.329 e. The Morgan fingerprint density at radius 2 is 2.16 bits per heavy atom. The van der Waals surface area contributed by atoms with Crippen molar-refractivity contribution in [3.63, 3.8) is 0 Å². The Bertz CT molecular complexity index is 438. The van der Waals surface area contributed by atoms with Gasteiger partial charge in [-0.05, 0) is 48.6 Å². The molecule has 0 bridgehead atoms. The fourth-order valence-corrected chi connectivity index (χ4v) is 3.44. The van der Waals surface area contributed by atoms with Crippen LogP contribution in [0.3, 0.4) is 0 Å². The zero-order valence-corrected chi connectivity index (χ0v) is 13.9. The molecule has 1 heterocycles. The average Bonchev–Trinajstić information content (AvgIpc) is 2.38. The van der Waals surface area contributed by atoms with Gasteiger partial charge in [-0.1, -0.05) is 41.4 Å². The molecule has 1 saturated heterocycles. The summed E-state index contributed by atoms with van der Waals surface area (Å²) < 4.78 is 1.06. The summed E-state index contributed by atoms with van der Waals surface area (Å²) >= 11 is 9.87. The summed E-state index contributed by atoms with van der Waals surface area (Å²) in [6.07, 6.45) is 1.24. The molecule has 106 valence electrons. The molecule has 0 amide bonds. The molecular formula is C15H22BrClN2. The SMILES string of the molecule is CC1CCN(C(CN)c2cc(Br)ccc2Cl)CC1C.